The van der Waals surface area contributed by atoms with Crippen molar-refractivity contribution >= 4 is 5.91 Å². The molecule has 0 unspecified atom stereocenters. The van der Waals surface area contributed by atoms with E-state index in [1.807, 2.05) is 6.07 Å². The molecule has 0 radical (unpaired) electrons. The first-order valence-corrected chi connectivity index (χ1v) is 11.3. The fourth-order valence-corrected chi connectivity index (χ4v) is 6.04. The number of likely N-dealkylation sites (tertiary alicyclic amines) is 1. The van der Waals surface area contributed by atoms with Crippen molar-refractivity contribution in [2.24, 2.45) is 17.8 Å². The van der Waals surface area contributed by atoms with Crippen LogP contribution in [-0.2, 0) is 4.79 Å². The van der Waals surface area contributed by atoms with E-state index in [9.17, 15) is 4.79 Å². The Morgan fingerprint density at radius 3 is 2.55 bits per heavy atom. The lowest BCUT2D eigenvalue weighted by Crippen LogP contribution is -2.60. The van der Waals surface area contributed by atoms with E-state index >= 15 is 0 Å². The van der Waals surface area contributed by atoms with Crippen molar-refractivity contribution < 1.29 is 14.3 Å². The molecule has 1 heterocycles. The standard InChI is InChI=1S/C24H36N2O3/c1-16-7-6-12-26(14-16)15-22(27)25-24-19-9-5-4-8-18(19)23(24)17-10-11-20(28-2)21(13-17)29-3/h10-11,13,16,18-19,23-24H,4-9,12,14-15H2,1-3H3,(H,25,27)/t16-,18-,19-,23+,24+/m1/s1. The van der Waals surface area contributed by atoms with Gasteiger partial charge < -0.3 is 14.8 Å². The Labute approximate surface area is 175 Å². The van der Waals surface area contributed by atoms with Gasteiger partial charge in [0, 0.05) is 18.5 Å². The van der Waals surface area contributed by atoms with Crippen molar-refractivity contribution in [3.63, 3.8) is 0 Å². The molecule has 5 heteroatoms. The van der Waals surface area contributed by atoms with Gasteiger partial charge in [0.1, 0.15) is 0 Å². The number of benzene rings is 1. The van der Waals surface area contributed by atoms with Gasteiger partial charge in [-0.3, -0.25) is 9.69 Å². The molecule has 1 amide bonds. The predicted molar refractivity (Wildman–Crippen MR) is 115 cm³/mol. The van der Waals surface area contributed by atoms with Crippen LogP contribution in [0.3, 0.4) is 0 Å². The minimum absolute atomic E-state index is 0.193. The number of rotatable bonds is 6. The van der Waals surface area contributed by atoms with Crippen LogP contribution in [0.2, 0.25) is 0 Å². The van der Waals surface area contributed by atoms with E-state index in [2.05, 4.69) is 29.3 Å². The number of methoxy groups -OCH3 is 2. The summed E-state index contributed by atoms with van der Waals surface area (Å²) in [7, 11) is 3.35. The number of piperidine rings is 1. The van der Waals surface area contributed by atoms with Crippen molar-refractivity contribution in [2.75, 3.05) is 33.9 Å². The second-order valence-electron chi connectivity index (χ2n) is 9.33. The molecular weight excluding hydrogens is 364 g/mol. The lowest BCUT2D eigenvalue weighted by molar-refractivity contribution is -0.126. The Morgan fingerprint density at radius 1 is 1.07 bits per heavy atom. The molecule has 1 aromatic rings. The number of ether oxygens (including phenoxy) is 2. The highest BCUT2D eigenvalue weighted by Gasteiger charge is 2.52. The van der Waals surface area contributed by atoms with Gasteiger partial charge in [-0.1, -0.05) is 25.8 Å². The fraction of sp³-hybridized carbons (Fsp3) is 0.708. The van der Waals surface area contributed by atoms with Crippen molar-refractivity contribution in [3.8, 4) is 11.5 Å². The van der Waals surface area contributed by atoms with E-state index in [1.165, 1.54) is 44.1 Å². The Hall–Kier alpha value is -1.75. The molecular formula is C24H36N2O3. The summed E-state index contributed by atoms with van der Waals surface area (Å²) in [6, 6.07) is 6.51. The molecule has 1 aliphatic heterocycles. The Bertz CT molecular complexity index is 722. The molecule has 4 rings (SSSR count). The number of carbonyl (C=O) groups is 1. The van der Waals surface area contributed by atoms with Crippen LogP contribution >= 0.6 is 0 Å². The van der Waals surface area contributed by atoms with E-state index in [-0.39, 0.29) is 11.9 Å². The molecule has 1 saturated heterocycles. The molecule has 2 aliphatic carbocycles. The van der Waals surface area contributed by atoms with E-state index in [1.54, 1.807) is 14.2 Å². The number of nitrogens with zero attached hydrogens (tertiary/aromatic N) is 1. The zero-order valence-corrected chi connectivity index (χ0v) is 18.2. The summed E-state index contributed by atoms with van der Waals surface area (Å²) in [5.41, 5.74) is 1.27. The van der Waals surface area contributed by atoms with Crippen LogP contribution in [0.1, 0.15) is 56.9 Å². The van der Waals surface area contributed by atoms with Gasteiger partial charge in [0.2, 0.25) is 5.91 Å². The molecule has 0 spiro atoms. The Kier molecular flexibility index (Phi) is 6.33. The molecule has 1 N–H and O–H groups in total. The van der Waals surface area contributed by atoms with Crippen molar-refractivity contribution in [3.05, 3.63) is 23.8 Å². The first-order valence-electron chi connectivity index (χ1n) is 11.3. The third-order valence-electron chi connectivity index (χ3n) is 7.41. The quantitative estimate of drug-likeness (QED) is 0.789. The SMILES string of the molecule is COc1ccc([C@H]2[C@@H]3CCCC[C@H]3[C@@H]2NC(=O)CN2CCC[C@@H](C)C2)cc1OC. The van der Waals surface area contributed by atoms with E-state index in [4.69, 9.17) is 9.47 Å². The summed E-state index contributed by atoms with van der Waals surface area (Å²) >= 11 is 0. The smallest absolute Gasteiger partial charge is 0.234 e. The monoisotopic (exact) mass is 400 g/mol. The number of fused-ring (bicyclic) bond motifs is 1. The molecule has 5 nitrogen and oxygen atoms in total. The Morgan fingerprint density at radius 2 is 1.83 bits per heavy atom. The van der Waals surface area contributed by atoms with Gasteiger partial charge in [-0.15, -0.1) is 0 Å². The van der Waals surface area contributed by atoms with Crippen molar-refractivity contribution in [1.82, 2.24) is 10.2 Å². The zero-order valence-electron chi connectivity index (χ0n) is 18.2. The molecule has 0 bridgehead atoms. The van der Waals surface area contributed by atoms with Crippen LogP contribution in [0.5, 0.6) is 11.5 Å². The first-order chi connectivity index (χ1) is 14.1. The summed E-state index contributed by atoms with van der Waals surface area (Å²) in [6.45, 7) is 4.92. The second-order valence-corrected chi connectivity index (χ2v) is 9.33. The van der Waals surface area contributed by atoms with Crippen LogP contribution in [-0.4, -0.2) is 50.7 Å². The normalized spacial score (nSPS) is 32.0. The van der Waals surface area contributed by atoms with Gasteiger partial charge in [0.15, 0.2) is 11.5 Å². The molecule has 160 valence electrons. The van der Waals surface area contributed by atoms with E-state index < -0.39 is 0 Å². The average Bonchev–Trinajstić information content (AvgIpc) is 2.72. The van der Waals surface area contributed by atoms with E-state index in [0.29, 0.717) is 30.2 Å². The highest BCUT2D eigenvalue weighted by molar-refractivity contribution is 5.78. The minimum Gasteiger partial charge on any atom is -0.493 e. The average molecular weight is 401 g/mol. The van der Waals surface area contributed by atoms with Gasteiger partial charge in [-0.2, -0.15) is 0 Å². The maximum absolute atomic E-state index is 12.9. The molecule has 29 heavy (non-hydrogen) atoms. The second kappa shape index (κ2) is 8.95. The van der Waals surface area contributed by atoms with Gasteiger partial charge in [0.05, 0.1) is 20.8 Å². The minimum atomic E-state index is 0.193. The zero-order chi connectivity index (χ0) is 20.4. The van der Waals surface area contributed by atoms with E-state index in [0.717, 1.165) is 24.6 Å². The van der Waals surface area contributed by atoms with Crippen LogP contribution < -0.4 is 14.8 Å². The van der Waals surface area contributed by atoms with Gasteiger partial charge >= 0.3 is 0 Å². The van der Waals surface area contributed by atoms with Crippen molar-refractivity contribution in [2.45, 2.75) is 57.4 Å². The van der Waals surface area contributed by atoms with Crippen LogP contribution in [0, 0.1) is 17.8 Å². The summed E-state index contributed by atoms with van der Waals surface area (Å²) in [4.78, 5) is 15.2. The summed E-state index contributed by atoms with van der Waals surface area (Å²) in [5.74, 6) is 4.09. The summed E-state index contributed by atoms with van der Waals surface area (Å²) in [5, 5.41) is 3.44. The highest BCUT2D eigenvalue weighted by atomic mass is 16.5. The third-order valence-corrected chi connectivity index (χ3v) is 7.41. The Balaban J connectivity index is 1.47. The summed E-state index contributed by atoms with van der Waals surface area (Å²) in [6.07, 6.45) is 7.58. The maximum atomic E-state index is 12.9. The van der Waals surface area contributed by atoms with Crippen LogP contribution in [0.15, 0.2) is 18.2 Å². The van der Waals surface area contributed by atoms with Crippen molar-refractivity contribution in [1.29, 1.82) is 0 Å². The molecule has 5 atom stereocenters. The molecule has 3 aliphatic rings. The molecule has 1 aromatic carbocycles. The lowest BCUT2D eigenvalue weighted by atomic mass is 9.53. The lowest BCUT2D eigenvalue weighted by Gasteiger charge is -2.55. The van der Waals surface area contributed by atoms with Crippen LogP contribution in [0.4, 0.5) is 0 Å². The summed E-state index contributed by atoms with van der Waals surface area (Å²) < 4.78 is 11.0. The first kappa shape index (κ1) is 20.5. The molecule has 2 saturated carbocycles. The number of amides is 1. The largest absolute Gasteiger partial charge is 0.493 e. The maximum Gasteiger partial charge on any atom is 0.234 e. The number of hydrogen-bond donors (Lipinski definition) is 1. The molecule has 3 fully saturated rings. The number of hydrogen-bond acceptors (Lipinski definition) is 4. The van der Waals surface area contributed by atoms with Crippen LogP contribution in [0.25, 0.3) is 0 Å². The van der Waals surface area contributed by atoms with Gasteiger partial charge in [0.25, 0.3) is 0 Å². The topological polar surface area (TPSA) is 50.8 Å². The van der Waals surface area contributed by atoms with Gasteiger partial charge in [-0.05, 0) is 67.7 Å². The third kappa shape index (κ3) is 4.25. The fourth-order valence-electron chi connectivity index (χ4n) is 6.04. The highest BCUT2D eigenvalue weighted by Crippen LogP contribution is 2.55. The number of nitrogens with one attached hydrogen (secondary N) is 1. The predicted octanol–water partition coefficient (Wildman–Crippen LogP) is 3.82. The molecule has 0 aromatic heterocycles. The van der Waals surface area contributed by atoms with Gasteiger partial charge in [-0.25, -0.2) is 0 Å². The number of carbonyl (C=O) groups excluding carboxylic acids is 1.